The number of nitrogens with zero attached hydrogens (tertiary/aromatic N) is 1. The lowest BCUT2D eigenvalue weighted by atomic mass is 10.3. The number of hydrogen-bond donors (Lipinski definition) is 2. The standard InChI is InChI=1S/C11H10ClN3O2S/c12-11-7-6-10(8-13-11)18(16,17)15-14-9-4-2-1-3-5-9/h1-8,14-15H. The van der Waals surface area contributed by atoms with Crippen molar-refractivity contribution >= 4 is 27.3 Å². The van der Waals surface area contributed by atoms with Gasteiger partial charge in [0.1, 0.15) is 10.0 Å². The summed E-state index contributed by atoms with van der Waals surface area (Å²) in [4.78, 5) is 6.01. The molecule has 0 bridgehead atoms. The molecule has 0 fully saturated rings. The lowest BCUT2D eigenvalue weighted by Gasteiger charge is -2.08. The van der Waals surface area contributed by atoms with Gasteiger partial charge in [0.25, 0.3) is 10.0 Å². The fourth-order valence-electron chi connectivity index (χ4n) is 1.23. The van der Waals surface area contributed by atoms with Gasteiger partial charge in [-0.25, -0.2) is 13.4 Å². The molecule has 94 valence electrons. The van der Waals surface area contributed by atoms with Gasteiger partial charge in [0.2, 0.25) is 0 Å². The molecule has 0 aliphatic carbocycles. The zero-order valence-electron chi connectivity index (χ0n) is 9.17. The van der Waals surface area contributed by atoms with Gasteiger partial charge >= 0.3 is 0 Å². The number of nitrogens with one attached hydrogen (secondary N) is 2. The Kier molecular flexibility index (Phi) is 3.81. The van der Waals surface area contributed by atoms with Crippen LogP contribution in [0.2, 0.25) is 5.15 Å². The topological polar surface area (TPSA) is 71.1 Å². The Labute approximate surface area is 110 Å². The Morgan fingerprint density at radius 3 is 2.39 bits per heavy atom. The van der Waals surface area contributed by atoms with E-state index in [2.05, 4.69) is 15.2 Å². The number of anilines is 1. The highest BCUT2D eigenvalue weighted by Gasteiger charge is 2.13. The molecule has 0 atom stereocenters. The van der Waals surface area contributed by atoms with Gasteiger partial charge in [0.15, 0.2) is 0 Å². The van der Waals surface area contributed by atoms with Crippen molar-refractivity contribution in [1.82, 2.24) is 9.82 Å². The predicted molar refractivity (Wildman–Crippen MR) is 69.6 cm³/mol. The first kappa shape index (κ1) is 12.8. The number of sulfonamides is 1. The van der Waals surface area contributed by atoms with Crippen LogP contribution in [0.15, 0.2) is 53.6 Å². The lowest BCUT2D eigenvalue weighted by Crippen LogP contribution is -2.29. The molecule has 0 radical (unpaired) electrons. The number of aromatic nitrogens is 1. The van der Waals surface area contributed by atoms with Crippen molar-refractivity contribution in [3.8, 4) is 0 Å². The quantitative estimate of drug-likeness (QED) is 0.665. The number of pyridine rings is 1. The van der Waals surface area contributed by atoms with E-state index in [9.17, 15) is 8.42 Å². The Balaban J connectivity index is 2.11. The molecule has 0 unspecified atom stereocenters. The summed E-state index contributed by atoms with van der Waals surface area (Å²) in [6.45, 7) is 0. The van der Waals surface area contributed by atoms with E-state index >= 15 is 0 Å². The van der Waals surface area contributed by atoms with Crippen LogP contribution in [-0.4, -0.2) is 13.4 Å². The molecule has 0 saturated carbocycles. The summed E-state index contributed by atoms with van der Waals surface area (Å²) in [5, 5.41) is 0.241. The third kappa shape index (κ3) is 3.19. The van der Waals surface area contributed by atoms with Gasteiger partial charge in [-0.05, 0) is 24.3 Å². The first-order chi connectivity index (χ1) is 8.58. The molecule has 1 aromatic carbocycles. The molecule has 0 saturated heterocycles. The van der Waals surface area contributed by atoms with Crippen LogP contribution in [0.1, 0.15) is 0 Å². The SMILES string of the molecule is O=S(=O)(NNc1ccccc1)c1ccc(Cl)nc1. The largest absolute Gasteiger partial charge is 0.308 e. The van der Waals surface area contributed by atoms with E-state index in [1.165, 1.54) is 18.3 Å². The number of hydrazine groups is 1. The van der Waals surface area contributed by atoms with Crippen molar-refractivity contribution in [2.75, 3.05) is 5.43 Å². The molecular weight excluding hydrogens is 274 g/mol. The average molecular weight is 284 g/mol. The van der Waals surface area contributed by atoms with Crippen molar-refractivity contribution in [1.29, 1.82) is 0 Å². The van der Waals surface area contributed by atoms with Crippen LogP contribution >= 0.6 is 11.6 Å². The maximum absolute atomic E-state index is 11.9. The van der Waals surface area contributed by atoms with Crippen LogP contribution in [0.5, 0.6) is 0 Å². The fourth-order valence-corrected chi connectivity index (χ4v) is 2.15. The van der Waals surface area contributed by atoms with Crippen LogP contribution in [0.3, 0.4) is 0 Å². The molecule has 2 rings (SSSR count). The van der Waals surface area contributed by atoms with Crippen molar-refractivity contribution in [2.45, 2.75) is 4.90 Å². The van der Waals surface area contributed by atoms with Gasteiger partial charge in [0.05, 0.1) is 0 Å². The number of hydrogen-bond acceptors (Lipinski definition) is 4. The Morgan fingerprint density at radius 2 is 1.78 bits per heavy atom. The van der Waals surface area contributed by atoms with E-state index in [1.54, 1.807) is 24.3 Å². The van der Waals surface area contributed by atoms with E-state index in [0.717, 1.165) is 0 Å². The molecule has 7 heteroatoms. The van der Waals surface area contributed by atoms with Gasteiger partial charge in [-0.15, -0.1) is 4.83 Å². The molecule has 2 aromatic rings. The van der Waals surface area contributed by atoms with Crippen LogP contribution < -0.4 is 10.3 Å². The van der Waals surface area contributed by atoms with Crippen molar-refractivity contribution in [3.05, 3.63) is 53.8 Å². The second kappa shape index (κ2) is 5.34. The zero-order chi connectivity index (χ0) is 13.0. The summed E-state index contributed by atoms with van der Waals surface area (Å²) in [5.74, 6) is 0. The number of rotatable bonds is 4. The smallest absolute Gasteiger partial charge is 0.258 e. The summed E-state index contributed by atoms with van der Waals surface area (Å²) < 4.78 is 23.7. The maximum Gasteiger partial charge on any atom is 0.258 e. The highest BCUT2D eigenvalue weighted by molar-refractivity contribution is 7.89. The third-order valence-corrected chi connectivity index (χ3v) is 3.57. The summed E-state index contributed by atoms with van der Waals surface area (Å²) in [6, 6.07) is 11.7. The van der Waals surface area contributed by atoms with E-state index < -0.39 is 10.0 Å². The summed E-state index contributed by atoms with van der Waals surface area (Å²) in [5.41, 5.74) is 3.24. The highest BCUT2D eigenvalue weighted by Crippen LogP contribution is 2.11. The second-order valence-corrected chi connectivity index (χ2v) is 5.48. The van der Waals surface area contributed by atoms with Gasteiger partial charge in [-0.1, -0.05) is 29.8 Å². The zero-order valence-corrected chi connectivity index (χ0v) is 10.7. The molecule has 1 heterocycles. The monoisotopic (exact) mass is 283 g/mol. The third-order valence-electron chi connectivity index (χ3n) is 2.11. The summed E-state index contributed by atoms with van der Waals surface area (Å²) in [6.07, 6.45) is 1.19. The van der Waals surface area contributed by atoms with Gasteiger partial charge in [-0.2, -0.15) is 0 Å². The molecule has 0 amide bonds. The first-order valence-corrected chi connectivity index (χ1v) is 6.88. The van der Waals surface area contributed by atoms with Crippen molar-refractivity contribution < 1.29 is 8.42 Å². The molecule has 0 spiro atoms. The number of halogens is 1. The lowest BCUT2D eigenvalue weighted by molar-refractivity contribution is 0.587. The molecule has 18 heavy (non-hydrogen) atoms. The van der Waals surface area contributed by atoms with Gasteiger partial charge in [0, 0.05) is 11.9 Å². The Bertz CT molecular complexity index is 614. The van der Waals surface area contributed by atoms with E-state index in [4.69, 9.17) is 11.6 Å². The minimum atomic E-state index is -3.66. The molecule has 2 N–H and O–H groups in total. The molecule has 0 aliphatic heterocycles. The van der Waals surface area contributed by atoms with E-state index in [0.29, 0.717) is 5.69 Å². The summed E-state index contributed by atoms with van der Waals surface area (Å²) >= 11 is 5.59. The maximum atomic E-state index is 11.9. The number of benzene rings is 1. The minimum absolute atomic E-state index is 0.0373. The average Bonchev–Trinajstić information content (AvgIpc) is 2.38. The minimum Gasteiger partial charge on any atom is -0.308 e. The van der Waals surface area contributed by atoms with Crippen LogP contribution in [-0.2, 0) is 10.0 Å². The molecule has 5 nitrogen and oxygen atoms in total. The van der Waals surface area contributed by atoms with Gasteiger partial charge < -0.3 is 5.43 Å². The second-order valence-electron chi connectivity index (χ2n) is 3.41. The fraction of sp³-hybridized carbons (Fsp3) is 0. The van der Waals surface area contributed by atoms with Crippen molar-refractivity contribution in [3.63, 3.8) is 0 Å². The molecular formula is C11H10ClN3O2S. The Morgan fingerprint density at radius 1 is 1.06 bits per heavy atom. The van der Waals surface area contributed by atoms with E-state index in [-0.39, 0.29) is 10.0 Å². The van der Waals surface area contributed by atoms with Crippen LogP contribution in [0, 0.1) is 0 Å². The van der Waals surface area contributed by atoms with Crippen LogP contribution in [0.25, 0.3) is 0 Å². The molecule has 0 aliphatic rings. The number of para-hydroxylation sites is 1. The Hall–Kier alpha value is -1.63. The van der Waals surface area contributed by atoms with Crippen molar-refractivity contribution in [2.24, 2.45) is 0 Å². The van der Waals surface area contributed by atoms with Gasteiger partial charge in [-0.3, -0.25) is 0 Å². The first-order valence-electron chi connectivity index (χ1n) is 5.02. The van der Waals surface area contributed by atoms with Crippen LogP contribution in [0.4, 0.5) is 5.69 Å². The predicted octanol–water partition coefficient (Wildman–Crippen LogP) is 2.04. The highest BCUT2D eigenvalue weighted by atomic mass is 35.5. The van der Waals surface area contributed by atoms with E-state index in [1.807, 2.05) is 6.07 Å². The normalized spacial score (nSPS) is 11.2. The molecule has 1 aromatic heterocycles. The summed E-state index contributed by atoms with van der Waals surface area (Å²) in [7, 11) is -3.66.